The van der Waals surface area contributed by atoms with E-state index in [1.54, 1.807) is 13.2 Å². The minimum atomic E-state index is 0.169. The maximum Gasteiger partial charge on any atom is 0.191 e. The minimum absolute atomic E-state index is 0.169. The molecule has 0 heterocycles. The normalized spacial score (nSPS) is 10.5. The fourth-order valence-electron chi connectivity index (χ4n) is 1.80. The highest BCUT2D eigenvalue weighted by molar-refractivity contribution is 7.80. The molecule has 0 fully saturated rings. The SMILES string of the molecule is COc1cccc(NC(=S)N/N=C/c2cc(C)ccc2O)c1. The molecule has 6 heteroatoms. The standard InChI is InChI=1S/C16H17N3O2S/c1-11-6-7-15(20)12(8-11)10-17-19-16(22)18-13-4-3-5-14(9-13)21-2/h3-10,20H,1-2H3,(H2,18,19,22)/b17-10+. The third kappa shape index (κ3) is 4.46. The molecule has 3 N–H and O–H groups in total. The number of nitrogens with one attached hydrogen (secondary N) is 2. The van der Waals surface area contributed by atoms with E-state index in [1.807, 2.05) is 43.3 Å². The molecular weight excluding hydrogens is 298 g/mol. The van der Waals surface area contributed by atoms with Gasteiger partial charge in [-0.15, -0.1) is 0 Å². The number of anilines is 1. The zero-order chi connectivity index (χ0) is 15.9. The Morgan fingerprint density at radius 1 is 1.27 bits per heavy atom. The number of thiocarbonyl (C=S) groups is 1. The van der Waals surface area contributed by atoms with E-state index in [4.69, 9.17) is 17.0 Å². The largest absolute Gasteiger partial charge is 0.507 e. The molecular formula is C16H17N3O2S. The Kier molecular flexibility index (Phi) is 5.32. The third-order valence-corrected chi connectivity index (χ3v) is 3.07. The van der Waals surface area contributed by atoms with Crippen molar-refractivity contribution in [3.63, 3.8) is 0 Å². The molecule has 0 atom stereocenters. The molecule has 0 amide bonds. The van der Waals surface area contributed by atoms with Crippen LogP contribution in [-0.2, 0) is 0 Å². The van der Waals surface area contributed by atoms with Crippen molar-refractivity contribution < 1.29 is 9.84 Å². The van der Waals surface area contributed by atoms with Crippen molar-refractivity contribution in [1.29, 1.82) is 0 Å². The second kappa shape index (κ2) is 7.42. The lowest BCUT2D eigenvalue weighted by atomic mass is 10.1. The highest BCUT2D eigenvalue weighted by Gasteiger charge is 2.00. The Morgan fingerprint density at radius 3 is 2.86 bits per heavy atom. The van der Waals surface area contributed by atoms with Gasteiger partial charge < -0.3 is 15.2 Å². The maximum atomic E-state index is 9.71. The van der Waals surface area contributed by atoms with E-state index in [0.29, 0.717) is 10.7 Å². The van der Waals surface area contributed by atoms with E-state index in [1.165, 1.54) is 6.21 Å². The zero-order valence-corrected chi connectivity index (χ0v) is 13.1. The Balaban J connectivity index is 1.94. The number of ether oxygens (including phenoxy) is 1. The third-order valence-electron chi connectivity index (χ3n) is 2.88. The fraction of sp³-hybridized carbons (Fsp3) is 0.125. The molecule has 2 aromatic carbocycles. The smallest absolute Gasteiger partial charge is 0.191 e. The number of rotatable bonds is 4. The predicted molar refractivity (Wildman–Crippen MR) is 92.8 cm³/mol. The Labute approximate surface area is 134 Å². The molecule has 114 valence electrons. The Bertz CT molecular complexity index is 702. The number of nitrogens with zero attached hydrogens (tertiary/aromatic N) is 1. The van der Waals surface area contributed by atoms with E-state index in [2.05, 4.69) is 15.8 Å². The van der Waals surface area contributed by atoms with E-state index in [0.717, 1.165) is 17.0 Å². The first-order valence-electron chi connectivity index (χ1n) is 6.62. The van der Waals surface area contributed by atoms with E-state index in [-0.39, 0.29) is 5.75 Å². The van der Waals surface area contributed by atoms with Gasteiger partial charge in [-0.1, -0.05) is 17.7 Å². The average Bonchev–Trinajstić information content (AvgIpc) is 2.51. The average molecular weight is 315 g/mol. The number of hydrogen-bond donors (Lipinski definition) is 3. The van der Waals surface area contributed by atoms with Crippen LogP contribution in [0.4, 0.5) is 5.69 Å². The zero-order valence-electron chi connectivity index (χ0n) is 12.3. The first-order chi connectivity index (χ1) is 10.6. The topological polar surface area (TPSA) is 65.9 Å². The molecule has 0 aliphatic rings. The fourth-order valence-corrected chi connectivity index (χ4v) is 1.97. The summed E-state index contributed by atoms with van der Waals surface area (Å²) in [5.41, 5.74) is 5.16. The summed E-state index contributed by atoms with van der Waals surface area (Å²) in [6.07, 6.45) is 1.52. The molecule has 5 nitrogen and oxygen atoms in total. The van der Waals surface area contributed by atoms with Gasteiger partial charge in [-0.25, -0.2) is 0 Å². The second-order valence-electron chi connectivity index (χ2n) is 4.62. The molecule has 0 radical (unpaired) electrons. The van der Waals surface area contributed by atoms with Crippen LogP contribution < -0.4 is 15.5 Å². The monoisotopic (exact) mass is 315 g/mol. The van der Waals surface area contributed by atoms with Crippen molar-refractivity contribution in [2.75, 3.05) is 12.4 Å². The molecule has 0 bridgehead atoms. The lowest BCUT2D eigenvalue weighted by Crippen LogP contribution is -2.23. The van der Waals surface area contributed by atoms with E-state index in [9.17, 15) is 5.11 Å². The molecule has 0 saturated carbocycles. The molecule has 2 rings (SSSR count). The van der Waals surface area contributed by atoms with Crippen molar-refractivity contribution in [3.8, 4) is 11.5 Å². The summed E-state index contributed by atoms with van der Waals surface area (Å²) in [4.78, 5) is 0. The van der Waals surface area contributed by atoms with Crippen molar-refractivity contribution in [2.45, 2.75) is 6.92 Å². The number of aryl methyl sites for hydroxylation is 1. The van der Waals surface area contributed by atoms with Crippen molar-refractivity contribution in [2.24, 2.45) is 5.10 Å². The van der Waals surface area contributed by atoms with Crippen LogP contribution in [0.15, 0.2) is 47.6 Å². The summed E-state index contributed by atoms with van der Waals surface area (Å²) in [5, 5.41) is 17.1. The summed E-state index contributed by atoms with van der Waals surface area (Å²) < 4.78 is 5.14. The highest BCUT2D eigenvalue weighted by atomic mass is 32.1. The number of benzene rings is 2. The quantitative estimate of drug-likeness (QED) is 0.460. The van der Waals surface area contributed by atoms with Gasteiger partial charge in [0.05, 0.1) is 13.3 Å². The van der Waals surface area contributed by atoms with Gasteiger partial charge in [-0.3, -0.25) is 5.43 Å². The second-order valence-corrected chi connectivity index (χ2v) is 5.03. The maximum absolute atomic E-state index is 9.71. The van der Waals surface area contributed by atoms with Gasteiger partial charge >= 0.3 is 0 Å². The minimum Gasteiger partial charge on any atom is -0.507 e. The molecule has 0 aromatic heterocycles. The summed E-state index contributed by atoms with van der Waals surface area (Å²) in [6, 6.07) is 12.7. The predicted octanol–water partition coefficient (Wildman–Crippen LogP) is 3.03. The number of methoxy groups -OCH3 is 1. The van der Waals surface area contributed by atoms with Crippen LogP contribution in [0.5, 0.6) is 11.5 Å². The number of hydrazone groups is 1. The van der Waals surface area contributed by atoms with Gasteiger partial charge in [0.25, 0.3) is 0 Å². The van der Waals surface area contributed by atoms with E-state index >= 15 is 0 Å². The molecule has 2 aromatic rings. The lowest BCUT2D eigenvalue weighted by Gasteiger charge is -2.08. The van der Waals surface area contributed by atoms with Crippen molar-refractivity contribution >= 4 is 29.2 Å². The van der Waals surface area contributed by atoms with Crippen LogP contribution in [0.2, 0.25) is 0 Å². The van der Waals surface area contributed by atoms with Gasteiger partial charge in [-0.05, 0) is 43.4 Å². The number of aromatic hydroxyl groups is 1. The van der Waals surface area contributed by atoms with Crippen molar-refractivity contribution in [3.05, 3.63) is 53.6 Å². The van der Waals surface area contributed by atoms with Gasteiger partial charge in [-0.2, -0.15) is 5.10 Å². The summed E-state index contributed by atoms with van der Waals surface area (Å²) >= 11 is 5.15. The molecule has 0 aliphatic carbocycles. The van der Waals surface area contributed by atoms with Crippen LogP contribution in [0.1, 0.15) is 11.1 Å². The molecule has 0 saturated heterocycles. The van der Waals surface area contributed by atoms with Crippen LogP contribution in [-0.4, -0.2) is 23.5 Å². The molecule has 0 spiro atoms. The Morgan fingerprint density at radius 2 is 2.09 bits per heavy atom. The molecule has 0 unspecified atom stereocenters. The summed E-state index contributed by atoms with van der Waals surface area (Å²) in [7, 11) is 1.61. The van der Waals surface area contributed by atoms with Crippen LogP contribution >= 0.6 is 12.2 Å². The lowest BCUT2D eigenvalue weighted by molar-refractivity contribution is 0.415. The van der Waals surface area contributed by atoms with Crippen molar-refractivity contribution in [1.82, 2.24) is 5.43 Å². The molecule has 22 heavy (non-hydrogen) atoms. The summed E-state index contributed by atoms with van der Waals surface area (Å²) in [6.45, 7) is 1.94. The number of phenolic OH excluding ortho intramolecular Hbond substituents is 1. The van der Waals surface area contributed by atoms with Gasteiger partial charge in [0.1, 0.15) is 11.5 Å². The van der Waals surface area contributed by atoms with Crippen LogP contribution in [0.3, 0.4) is 0 Å². The van der Waals surface area contributed by atoms with Gasteiger partial charge in [0.2, 0.25) is 0 Å². The molecule has 0 aliphatic heterocycles. The highest BCUT2D eigenvalue weighted by Crippen LogP contribution is 2.17. The van der Waals surface area contributed by atoms with Gasteiger partial charge in [0.15, 0.2) is 5.11 Å². The summed E-state index contributed by atoms with van der Waals surface area (Å²) in [5.74, 6) is 0.906. The number of hydrogen-bond acceptors (Lipinski definition) is 4. The first kappa shape index (κ1) is 15.8. The number of phenols is 1. The first-order valence-corrected chi connectivity index (χ1v) is 7.03. The van der Waals surface area contributed by atoms with Crippen LogP contribution in [0, 0.1) is 6.92 Å². The van der Waals surface area contributed by atoms with E-state index < -0.39 is 0 Å². The van der Waals surface area contributed by atoms with Crippen LogP contribution in [0.25, 0.3) is 0 Å². The Hall–Kier alpha value is -2.60. The van der Waals surface area contributed by atoms with Gasteiger partial charge in [0, 0.05) is 17.3 Å².